The van der Waals surface area contributed by atoms with Crippen LogP contribution in [0.3, 0.4) is 0 Å². The van der Waals surface area contributed by atoms with Crippen molar-refractivity contribution in [1.82, 2.24) is 0 Å². The first-order valence-corrected chi connectivity index (χ1v) is 9.81. The molecule has 139 valence electrons. The summed E-state index contributed by atoms with van der Waals surface area (Å²) in [6.45, 7) is 0. The second kappa shape index (κ2) is 7.11. The lowest BCUT2D eigenvalue weighted by molar-refractivity contribution is 0.453. The molecule has 4 heteroatoms. The maximum atomic E-state index is 9.18. The van der Waals surface area contributed by atoms with Gasteiger partial charge in [0.05, 0.1) is 5.41 Å². The monoisotopic (exact) mass is 395 g/mol. The minimum atomic E-state index is -0.535. The average molecular weight is 396 g/mol. The largest absolute Gasteiger partial charge is 0.569 e. The molecular formula is C25H17BClO2. The summed E-state index contributed by atoms with van der Waals surface area (Å²) in [5.74, 6) is 0.585. The van der Waals surface area contributed by atoms with Crippen LogP contribution in [0.1, 0.15) is 22.3 Å². The fourth-order valence-electron chi connectivity index (χ4n) is 4.59. The Morgan fingerprint density at radius 1 is 0.690 bits per heavy atom. The van der Waals surface area contributed by atoms with Crippen molar-refractivity contribution < 1.29 is 9.68 Å². The minimum absolute atomic E-state index is 0.535. The van der Waals surface area contributed by atoms with E-state index in [-0.39, 0.29) is 0 Å². The maximum Gasteiger partial charge on any atom is 0.569 e. The van der Waals surface area contributed by atoms with Gasteiger partial charge in [-0.3, -0.25) is 0 Å². The molecule has 5 rings (SSSR count). The van der Waals surface area contributed by atoms with Crippen molar-refractivity contribution in [2.45, 2.75) is 5.41 Å². The molecule has 0 heterocycles. The predicted molar refractivity (Wildman–Crippen MR) is 117 cm³/mol. The molecule has 0 saturated carbocycles. The Morgan fingerprint density at radius 3 is 2.21 bits per heavy atom. The smallest absolute Gasteiger partial charge is 0.537 e. The van der Waals surface area contributed by atoms with Gasteiger partial charge in [-0.2, -0.15) is 0 Å². The first-order chi connectivity index (χ1) is 14.2. The second-order valence-corrected chi connectivity index (χ2v) is 7.54. The van der Waals surface area contributed by atoms with E-state index in [1.165, 1.54) is 11.1 Å². The van der Waals surface area contributed by atoms with Crippen LogP contribution in [0.2, 0.25) is 5.02 Å². The van der Waals surface area contributed by atoms with Gasteiger partial charge in [-0.25, -0.2) is 0 Å². The standard InChI is InChI=1S/C25H17BClO2/c27-19-10-6-9-18(15-19)25(17-7-2-1-3-8-17)23-12-5-4-11-21(23)22-14-13-20(29-26-28)16-24(22)25/h1-16,28H. The molecule has 1 aliphatic carbocycles. The Balaban J connectivity index is 1.94. The molecule has 2 nitrogen and oxygen atoms in total. The molecule has 1 aliphatic rings. The van der Waals surface area contributed by atoms with Gasteiger partial charge in [-0.05, 0) is 57.6 Å². The summed E-state index contributed by atoms with van der Waals surface area (Å²) in [4.78, 5) is 0. The number of halogens is 1. The lowest BCUT2D eigenvalue weighted by Gasteiger charge is -2.34. The van der Waals surface area contributed by atoms with Gasteiger partial charge >= 0.3 is 7.69 Å². The van der Waals surface area contributed by atoms with E-state index in [2.05, 4.69) is 60.7 Å². The lowest BCUT2D eigenvalue weighted by Crippen LogP contribution is -2.28. The van der Waals surface area contributed by atoms with Crippen LogP contribution in [0, 0.1) is 0 Å². The Bertz CT molecular complexity index is 1190. The third-order valence-electron chi connectivity index (χ3n) is 5.67. The van der Waals surface area contributed by atoms with Gasteiger partial charge in [0.15, 0.2) is 0 Å². The van der Waals surface area contributed by atoms with E-state index in [1.54, 1.807) is 0 Å². The van der Waals surface area contributed by atoms with Gasteiger partial charge in [0.2, 0.25) is 0 Å². The summed E-state index contributed by atoms with van der Waals surface area (Å²) in [7, 11) is 0.716. The highest BCUT2D eigenvalue weighted by atomic mass is 35.5. The number of fused-ring (bicyclic) bond motifs is 3. The first-order valence-electron chi connectivity index (χ1n) is 9.43. The van der Waals surface area contributed by atoms with Gasteiger partial charge in [-0.15, -0.1) is 0 Å². The maximum absolute atomic E-state index is 9.18. The van der Waals surface area contributed by atoms with Crippen molar-refractivity contribution in [2.75, 3.05) is 0 Å². The summed E-state index contributed by atoms with van der Waals surface area (Å²) < 4.78 is 5.32. The molecule has 1 atom stereocenters. The van der Waals surface area contributed by atoms with Crippen LogP contribution in [0.5, 0.6) is 5.75 Å². The third-order valence-corrected chi connectivity index (χ3v) is 5.90. The number of hydrogen-bond donors (Lipinski definition) is 1. The van der Waals surface area contributed by atoms with E-state index in [9.17, 15) is 5.02 Å². The van der Waals surface area contributed by atoms with E-state index in [0.29, 0.717) is 18.5 Å². The Kier molecular flexibility index (Phi) is 4.42. The Morgan fingerprint density at radius 2 is 1.41 bits per heavy atom. The van der Waals surface area contributed by atoms with E-state index in [1.807, 2.05) is 36.4 Å². The molecule has 4 aromatic carbocycles. The average Bonchev–Trinajstić information content (AvgIpc) is 3.05. The molecule has 0 amide bonds. The quantitative estimate of drug-likeness (QED) is 0.401. The molecule has 1 N–H and O–H groups in total. The van der Waals surface area contributed by atoms with Crippen molar-refractivity contribution in [3.05, 3.63) is 124 Å². The minimum Gasteiger partial charge on any atom is -0.537 e. The van der Waals surface area contributed by atoms with E-state index in [0.717, 1.165) is 22.3 Å². The molecule has 0 spiro atoms. The highest BCUT2D eigenvalue weighted by Gasteiger charge is 2.46. The molecule has 0 bridgehead atoms. The SMILES string of the molecule is O[B]Oc1ccc2c(c1)C(c1ccccc1)(c1cccc(Cl)c1)c1ccccc1-2. The molecule has 1 unspecified atom stereocenters. The summed E-state index contributed by atoms with van der Waals surface area (Å²) in [5, 5.41) is 9.87. The van der Waals surface area contributed by atoms with Crippen LogP contribution in [0.4, 0.5) is 0 Å². The zero-order valence-corrected chi connectivity index (χ0v) is 16.3. The fraction of sp³-hybridized carbons (Fsp3) is 0.0400. The fourth-order valence-corrected chi connectivity index (χ4v) is 4.78. The van der Waals surface area contributed by atoms with Crippen LogP contribution in [0.15, 0.2) is 97.1 Å². The molecule has 0 aliphatic heterocycles. The Hall–Kier alpha value is -3.01. The van der Waals surface area contributed by atoms with Gasteiger partial charge < -0.3 is 9.68 Å². The molecule has 0 saturated heterocycles. The highest BCUT2D eigenvalue weighted by Crippen LogP contribution is 2.56. The lowest BCUT2D eigenvalue weighted by atomic mass is 9.67. The second-order valence-electron chi connectivity index (χ2n) is 7.10. The van der Waals surface area contributed by atoms with Gasteiger partial charge in [0, 0.05) is 5.02 Å². The van der Waals surface area contributed by atoms with Crippen molar-refractivity contribution in [2.24, 2.45) is 0 Å². The summed E-state index contributed by atoms with van der Waals surface area (Å²) in [6.07, 6.45) is 0. The van der Waals surface area contributed by atoms with Crippen molar-refractivity contribution in [3.63, 3.8) is 0 Å². The molecule has 29 heavy (non-hydrogen) atoms. The molecule has 0 fully saturated rings. The first kappa shape index (κ1) is 18.1. The molecular weight excluding hydrogens is 379 g/mol. The number of rotatable bonds is 4. The van der Waals surface area contributed by atoms with Gasteiger partial charge in [0.1, 0.15) is 5.75 Å². The summed E-state index contributed by atoms with van der Waals surface area (Å²) in [6, 6.07) is 32.9. The van der Waals surface area contributed by atoms with Crippen molar-refractivity contribution in [3.8, 4) is 16.9 Å². The van der Waals surface area contributed by atoms with E-state index < -0.39 is 5.41 Å². The number of benzene rings is 4. The number of hydrogen-bond acceptors (Lipinski definition) is 2. The summed E-state index contributed by atoms with van der Waals surface area (Å²) in [5.41, 5.74) is 6.35. The Labute approximate surface area is 175 Å². The molecule has 0 aromatic heterocycles. The normalized spacial score (nSPS) is 16.8. The molecule has 4 aromatic rings. The highest BCUT2D eigenvalue weighted by molar-refractivity contribution is 6.30. The van der Waals surface area contributed by atoms with Crippen LogP contribution < -0.4 is 4.65 Å². The van der Waals surface area contributed by atoms with Crippen LogP contribution in [0.25, 0.3) is 11.1 Å². The van der Waals surface area contributed by atoms with Crippen LogP contribution >= 0.6 is 11.6 Å². The van der Waals surface area contributed by atoms with Crippen molar-refractivity contribution >= 4 is 19.3 Å². The molecule has 1 radical (unpaired) electrons. The topological polar surface area (TPSA) is 29.5 Å². The van der Waals surface area contributed by atoms with E-state index in [4.69, 9.17) is 16.3 Å². The zero-order chi connectivity index (χ0) is 19.8. The van der Waals surface area contributed by atoms with Gasteiger partial charge in [0.25, 0.3) is 0 Å². The van der Waals surface area contributed by atoms with Crippen molar-refractivity contribution in [1.29, 1.82) is 0 Å². The predicted octanol–water partition coefficient (Wildman–Crippen LogP) is 5.61. The van der Waals surface area contributed by atoms with Gasteiger partial charge in [-0.1, -0.05) is 84.4 Å². The zero-order valence-electron chi connectivity index (χ0n) is 15.5. The van der Waals surface area contributed by atoms with E-state index >= 15 is 0 Å². The van der Waals surface area contributed by atoms with Crippen LogP contribution in [-0.4, -0.2) is 12.7 Å². The third kappa shape index (κ3) is 2.70. The van der Waals surface area contributed by atoms with Crippen LogP contribution in [-0.2, 0) is 5.41 Å². The summed E-state index contributed by atoms with van der Waals surface area (Å²) >= 11 is 6.45.